The van der Waals surface area contributed by atoms with Crippen LogP contribution in [-0.4, -0.2) is 38.4 Å². The van der Waals surface area contributed by atoms with E-state index in [1.165, 1.54) is 4.52 Å². The van der Waals surface area contributed by atoms with Gasteiger partial charge in [0.25, 0.3) is 11.5 Å². The van der Waals surface area contributed by atoms with Gasteiger partial charge in [-0.2, -0.15) is 0 Å². The normalized spacial score (nSPS) is 12.6. The summed E-state index contributed by atoms with van der Waals surface area (Å²) >= 11 is 0. The van der Waals surface area contributed by atoms with Gasteiger partial charge in [-0.15, -0.1) is 5.10 Å². The summed E-state index contributed by atoms with van der Waals surface area (Å²) in [7, 11) is -2.74. The molecule has 36 heavy (non-hydrogen) atoms. The van der Waals surface area contributed by atoms with Crippen molar-refractivity contribution in [2.24, 2.45) is 0 Å². The lowest BCUT2D eigenvalue weighted by atomic mass is 10.1. The average molecular weight is 500 g/mol. The smallest absolute Gasteiger partial charge is 0.264 e. The third kappa shape index (κ3) is 3.97. The van der Waals surface area contributed by atoms with Crippen LogP contribution in [0.25, 0.3) is 22.1 Å². The number of para-hydroxylation sites is 1. The van der Waals surface area contributed by atoms with Crippen molar-refractivity contribution < 1.29 is 9.36 Å². The number of rotatable bonds is 5. The first-order valence-electron chi connectivity index (χ1n) is 11.4. The highest BCUT2D eigenvalue weighted by molar-refractivity contribution is 7.70. The van der Waals surface area contributed by atoms with E-state index in [0.29, 0.717) is 33.1 Å². The van der Waals surface area contributed by atoms with Crippen molar-refractivity contribution in [3.8, 4) is 5.69 Å². The molecule has 1 amide bonds. The Morgan fingerprint density at radius 2 is 1.83 bits per heavy atom. The van der Waals surface area contributed by atoms with Crippen LogP contribution >= 0.6 is 7.14 Å². The van der Waals surface area contributed by atoms with E-state index >= 15 is 0 Å². The second-order valence-electron chi connectivity index (χ2n) is 8.98. The maximum Gasteiger partial charge on any atom is 0.264 e. The molecule has 2 aromatic carbocycles. The monoisotopic (exact) mass is 500 g/mol. The molecule has 0 unspecified atom stereocenters. The number of carbonyl (C=O) groups excluding carboxylic acids is 1. The number of hydrogen-bond acceptors (Lipinski definition) is 6. The summed E-state index contributed by atoms with van der Waals surface area (Å²) in [5.74, 6) is -0.398. The maximum absolute atomic E-state index is 14.0. The van der Waals surface area contributed by atoms with E-state index in [1.54, 1.807) is 55.4 Å². The number of nitrogen functional groups attached to an aromatic ring is 1. The summed E-state index contributed by atoms with van der Waals surface area (Å²) in [5.41, 5.74) is 7.43. The first-order chi connectivity index (χ1) is 17.2. The van der Waals surface area contributed by atoms with Gasteiger partial charge in [0.15, 0.2) is 11.5 Å². The molecule has 0 aliphatic rings. The number of nitrogens with zero attached hydrogens (tertiary/aromatic N) is 4. The molecule has 3 aromatic heterocycles. The van der Waals surface area contributed by atoms with Gasteiger partial charge >= 0.3 is 0 Å². The average Bonchev–Trinajstić information content (AvgIpc) is 3.19. The van der Waals surface area contributed by atoms with E-state index in [0.717, 1.165) is 0 Å². The fourth-order valence-corrected chi connectivity index (χ4v) is 5.65. The molecule has 0 radical (unpaired) electrons. The first kappa shape index (κ1) is 23.5. The minimum atomic E-state index is -2.74. The Hall–Kier alpha value is -4.23. The minimum absolute atomic E-state index is 0.0589. The van der Waals surface area contributed by atoms with Crippen molar-refractivity contribution in [3.05, 3.63) is 94.7 Å². The molecule has 0 bridgehead atoms. The van der Waals surface area contributed by atoms with Crippen LogP contribution in [0.1, 0.15) is 29.0 Å². The zero-order valence-corrected chi connectivity index (χ0v) is 20.9. The Bertz CT molecular complexity index is 1740. The van der Waals surface area contributed by atoms with E-state index < -0.39 is 19.1 Å². The lowest BCUT2D eigenvalue weighted by molar-refractivity contribution is 0.0941. The van der Waals surface area contributed by atoms with Crippen molar-refractivity contribution in [3.63, 3.8) is 0 Å². The highest BCUT2D eigenvalue weighted by atomic mass is 31.2. The first-order valence-corrected chi connectivity index (χ1v) is 14.0. The minimum Gasteiger partial charge on any atom is -0.381 e. The number of carbonyl (C=O) groups is 1. The molecule has 0 spiro atoms. The standard InChI is InChI=1S/C26H25N6O3P/c1-16(29-25(33)22-23(27)30-31-14-8-13-28-24(22)31)19-15-17-9-7-12-20(36(2,3)35)21(17)26(34)32(19)18-10-5-4-6-11-18/h4-16H,1-3H3,(H2,27,30)(H,29,33)/t16-/m0/s1. The number of anilines is 1. The molecular weight excluding hydrogens is 475 g/mol. The number of nitrogens with one attached hydrogen (secondary N) is 1. The summed E-state index contributed by atoms with van der Waals surface area (Å²) in [4.78, 5) is 31.5. The topological polar surface area (TPSA) is 124 Å². The molecule has 5 rings (SSSR count). The lowest BCUT2D eigenvalue weighted by Crippen LogP contribution is -2.33. The summed E-state index contributed by atoms with van der Waals surface area (Å²) in [6, 6.07) is 17.5. The van der Waals surface area contributed by atoms with E-state index in [1.807, 2.05) is 42.5 Å². The number of pyridine rings is 1. The number of aromatic nitrogens is 4. The van der Waals surface area contributed by atoms with E-state index in [4.69, 9.17) is 5.73 Å². The van der Waals surface area contributed by atoms with Crippen molar-refractivity contribution in [1.29, 1.82) is 0 Å². The Kier molecular flexibility index (Phi) is 5.73. The molecule has 9 nitrogen and oxygen atoms in total. The molecular formula is C26H25N6O3P. The molecule has 0 saturated carbocycles. The van der Waals surface area contributed by atoms with Gasteiger partial charge in [-0.1, -0.05) is 36.4 Å². The van der Waals surface area contributed by atoms with Gasteiger partial charge in [0.1, 0.15) is 12.7 Å². The van der Waals surface area contributed by atoms with Crippen LogP contribution in [0.2, 0.25) is 0 Å². The van der Waals surface area contributed by atoms with Crippen LogP contribution in [0, 0.1) is 0 Å². The van der Waals surface area contributed by atoms with Crippen LogP contribution in [0.15, 0.2) is 77.9 Å². The molecule has 3 N–H and O–H groups in total. The van der Waals surface area contributed by atoms with Crippen molar-refractivity contribution in [2.75, 3.05) is 19.1 Å². The molecule has 5 aromatic rings. The van der Waals surface area contributed by atoms with E-state index in [2.05, 4.69) is 15.4 Å². The van der Waals surface area contributed by atoms with Crippen LogP contribution in [-0.2, 0) is 4.57 Å². The highest BCUT2D eigenvalue weighted by Crippen LogP contribution is 2.37. The van der Waals surface area contributed by atoms with Crippen molar-refractivity contribution >= 4 is 40.6 Å². The van der Waals surface area contributed by atoms with Crippen LogP contribution in [0.4, 0.5) is 5.82 Å². The third-order valence-corrected chi connectivity index (χ3v) is 7.62. The summed E-state index contributed by atoms with van der Waals surface area (Å²) in [6.07, 6.45) is 3.22. The van der Waals surface area contributed by atoms with Crippen LogP contribution < -0.4 is 21.9 Å². The summed E-state index contributed by atoms with van der Waals surface area (Å²) in [6.45, 7) is 5.10. The Morgan fingerprint density at radius 1 is 1.08 bits per heavy atom. The zero-order valence-electron chi connectivity index (χ0n) is 20.0. The second kappa shape index (κ2) is 8.77. The molecule has 3 heterocycles. The SMILES string of the molecule is C[C@H](NC(=O)c1c(N)nn2cccnc12)c1cc2cccc(P(C)(C)=O)c2c(=O)n1-c1ccccc1. The fourth-order valence-electron chi connectivity index (χ4n) is 4.44. The fraction of sp³-hybridized carbons (Fsp3) is 0.154. The molecule has 0 fully saturated rings. The predicted octanol–water partition coefficient (Wildman–Crippen LogP) is 3.35. The van der Waals surface area contributed by atoms with Crippen LogP contribution in [0.3, 0.4) is 0 Å². The number of nitrogens with two attached hydrogens (primary N) is 1. The molecule has 10 heteroatoms. The Balaban J connectivity index is 1.68. The van der Waals surface area contributed by atoms with Gasteiger partial charge in [0.05, 0.1) is 11.4 Å². The molecule has 0 saturated heterocycles. The second-order valence-corrected chi connectivity index (χ2v) is 12.2. The van der Waals surface area contributed by atoms with Crippen LogP contribution in [0.5, 0.6) is 0 Å². The largest absolute Gasteiger partial charge is 0.381 e. The lowest BCUT2D eigenvalue weighted by Gasteiger charge is -2.22. The third-order valence-electron chi connectivity index (χ3n) is 6.09. The Morgan fingerprint density at radius 3 is 2.56 bits per heavy atom. The van der Waals surface area contributed by atoms with Gasteiger partial charge in [0.2, 0.25) is 0 Å². The molecule has 1 atom stereocenters. The quantitative estimate of drug-likeness (QED) is 0.357. The predicted molar refractivity (Wildman–Crippen MR) is 142 cm³/mol. The number of benzene rings is 2. The highest BCUT2D eigenvalue weighted by Gasteiger charge is 2.25. The van der Waals surface area contributed by atoms with E-state index in [-0.39, 0.29) is 16.9 Å². The number of hydrogen-bond donors (Lipinski definition) is 2. The van der Waals surface area contributed by atoms with Crippen molar-refractivity contribution in [1.82, 2.24) is 24.5 Å². The molecule has 0 aliphatic carbocycles. The zero-order chi connectivity index (χ0) is 25.6. The molecule has 182 valence electrons. The molecule has 0 aliphatic heterocycles. The van der Waals surface area contributed by atoms with Gasteiger partial charge in [-0.05, 0) is 49.9 Å². The maximum atomic E-state index is 14.0. The van der Waals surface area contributed by atoms with Gasteiger partial charge < -0.3 is 15.6 Å². The number of fused-ring (bicyclic) bond motifs is 2. The summed E-state index contributed by atoms with van der Waals surface area (Å²) in [5, 5.41) is 8.70. The van der Waals surface area contributed by atoms with Gasteiger partial charge in [0, 0.05) is 29.1 Å². The van der Waals surface area contributed by atoms with Crippen molar-refractivity contribution in [2.45, 2.75) is 13.0 Å². The summed E-state index contributed by atoms with van der Waals surface area (Å²) < 4.78 is 16.0. The Labute approximate surface area is 207 Å². The number of amides is 1. The van der Waals surface area contributed by atoms with E-state index in [9.17, 15) is 14.2 Å². The van der Waals surface area contributed by atoms with Gasteiger partial charge in [-0.3, -0.25) is 14.2 Å². The van der Waals surface area contributed by atoms with Gasteiger partial charge in [-0.25, -0.2) is 9.50 Å².